The Bertz CT molecular complexity index is 854. The number of rotatable bonds is 15. The van der Waals surface area contributed by atoms with Crippen molar-refractivity contribution in [2.24, 2.45) is 0 Å². The third-order valence-corrected chi connectivity index (χ3v) is 4.89. The molecule has 0 N–H and O–H groups in total. The molecule has 0 unspecified atom stereocenters. The van der Waals surface area contributed by atoms with Crippen molar-refractivity contribution in [1.82, 2.24) is 0 Å². The fourth-order valence-electron chi connectivity index (χ4n) is 2.44. The topological polar surface area (TPSA) is 133 Å². The molecule has 0 aromatic heterocycles. The molecule has 0 spiro atoms. The first-order valence-electron chi connectivity index (χ1n) is 9.61. The van der Waals surface area contributed by atoms with Crippen LogP contribution in [0, 0.1) is 0 Å². The summed E-state index contributed by atoms with van der Waals surface area (Å²) in [5, 5.41) is 0. The van der Waals surface area contributed by atoms with Gasteiger partial charge in [0.1, 0.15) is 0 Å². The molecule has 0 aromatic rings. The molecule has 0 radical (unpaired) electrons. The SMILES string of the molecule is CC(C)=CCC/C(C)=C/CC/C(=C\CC/C(C)=C/COS(=O)(=O)[O-])COS(=O)(=O)[O-].[Na+].[Na+]. The molecule has 0 aliphatic rings. The Labute approximate surface area is 238 Å². The van der Waals surface area contributed by atoms with Crippen LogP contribution < -0.4 is 59.1 Å². The summed E-state index contributed by atoms with van der Waals surface area (Å²) in [4.78, 5) is 0. The van der Waals surface area contributed by atoms with Crippen LogP contribution in [0.15, 0.2) is 46.6 Å². The predicted octanol–water partition coefficient (Wildman–Crippen LogP) is -1.93. The smallest absolute Gasteiger partial charge is 0.726 e. The normalized spacial score (nSPS) is 13.2. The second kappa shape index (κ2) is 19.9. The van der Waals surface area contributed by atoms with Crippen LogP contribution >= 0.6 is 0 Å². The summed E-state index contributed by atoms with van der Waals surface area (Å²) >= 11 is 0. The largest absolute Gasteiger partial charge is 1.00 e. The van der Waals surface area contributed by atoms with Crippen molar-refractivity contribution in [2.45, 2.75) is 66.2 Å². The van der Waals surface area contributed by atoms with Crippen molar-refractivity contribution in [3.8, 4) is 0 Å². The monoisotopic (exact) mass is 510 g/mol. The van der Waals surface area contributed by atoms with Crippen LogP contribution in [0.3, 0.4) is 0 Å². The summed E-state index contributed by atoms with van der Waals surface area (Å²) in [7, 11) is -9.50. The van der Waals surface area contributed by atoms with Gasteiger partial charge in [-0.2, -0.15) is 0 Å². The fourth-order valence-corrected chi connectivity index (χ4v) is 2.97. The van der Waals surface area contributed by atoms with Crippen LogP contribution in [0.5, 0.6) is 0 Å². The molecular weight excluding hydrogens is 478 g/mol. The Morgan fingerprint density at radius 1 is 0.688 bits per heavy atom. The molecule has 0 fully saturated rings. The van der Waals surface area contributed by atoms with Crippen molar-refractivity contribution >= 4 is 20.8 Å². The van der Waals surface area contributed by atoms with Crippen molar-refractivity contribution in [3.63, 3.8) is 0 Å². The standard InChI is InChI=1S/C20H34O8S2.2Na/c1-17(2)8-5-9-18(3)10-6-12-20(16-28-30(24,25)26)13-7-11-19(4)14-15-27-29(21,22)23;;/h8,10,13-14H,5-7,9,11-12,15-16H2,1-4H3,(H,21,22,23)(H,24,25,26);;/q;2*+1/p-2/b18-10+,19-14+,20-13+;;. The zero-order valence-corrected chi connectivity index (χ0v) is 25.7. The van der Waals surface area contributed by atoms with Crippen LogP contribution in [-0.4, -0.2) is 39.2 Å². The quantitative estimate of drug-likeness (QED) is 0.108. The van der Waals surface area contributed by atoms with Gasteiger partial charge in [-0.15, -0.1) is 0 Å². The Hall–Kier alpha value is 0.700. The molecule has 0 bridgehead atoms. The van der Waals surface area contributed by atoms with E-state index in [0.717, 1.165) is 18.4 Å². The molecule has 0 saturated heterocycles. The van der Waals surface area contributed by atoms with Gasteiger partial charge in [0.05, 0.1) is 13.2 Å². The maximum Gasteiger partial charge on any atom is 1.00 e. The number of hydrogen-bond donors (Lipinski definition) is 0. The molecule has 0 aliphatic heterocycles. The van der Waals surface area contributed by atoms with Crippen LogP contribution in [-0.2, 0) is 29.2 Å². The minimum Gasteiger partial charge on any atom is -0.726 e. The Morgan fingerprint density at radius 3 is 1.66 bits per heavy atom. The van der Waals surface area contributed by atoms with E-state index < -0.39 is 20.8 Å². The van der Waals surface area contributed by atoms with Gasteiger partial charge in [-0.3, -0.25) is 8.37 Å². The summed E-state index contributed by atoms with van der Waals surface area (Å²) in [6.07, 6.45) is 11.8. The molecule has 12 heteroatoms. The predicted molar refractivity (Wildman–Crippen MR) is 114 cm³/mol. The summed E-state index contributed by atoms with van der Waals surface area (Å²) in [6.45, 7) is 7.27. The molecule has 0 aliphatic carbocycles. The Kier molecular flexibility index (Phi) is 23.2. The average Bonchev–Trinajstić information content (AvgIpc) is 2.57. The first-order valence-corrected chi connectivity index (χ1v) is 12.3. The van der Waals surface area contributed by atoms with E-state index in [-0.39, 0.29) is 72.3 Å². The van der Waals surface area contributed by atoms with E-state index in [1.165, 1.54) is 17.2 Å². The molecule has 0 amide bonds. The van der Waals surface area contributed by atoms with Crippen molar-refractivity contribution in [3.05, 3.63) is 46.6 Å². The van der Waals surface area contributed by atoms with Gasteiger partial charge < -0.3 is 9.11 Å². The van der Waals surface area contributed by atoms with Crippen molar-refractivity contribution in [1.29, 1.82) is 0 Å². The zero-order valence-electron chi connectivity index (χ0n) is 20.0. The van der Waals surface area contributed by atoms with E-state index >= 15 is 0 Å². The van der Waals surface area contributed by atoms with E-state index in [2.05, 4.69) is 34.4 Å². The minimum absolute atomic E-state index is 0. The molecule has 8 nitrogen and oxygen atoms in total. The second-order valence-electron chi connectivity index (χ2n) is 7.22. The summed E-state index contributed by atoms with van der Waals surface area (Å²) in [5.41, 5.74) is 4.00. The first-order chi connectivity index (χ1) is 13.8. The molecule has 32 heavy (non-hydrogen) atoms. The molecular formula is C20H32Na2O8S2. The Balaban J connectivity index is -0.00000420. The minimum atomic E-state index is -4.78. The number of allylic oxidation sites excluding steroid dienone is 6. The van der Waals surface area contributed by atoms with Crippen LogP contribution in [0.25, 0.3) is 0 Å². The van der Waals surface area contributed by atoms with Crippen molar-refractivity contribution in [2.75, 3.05) is 13.2 Å². The molecule has 174 valence electrons. The van der Waals surface area contributed by atoms with Gasteiger partial charge in [-0.05, 0) is 71.8 Å². The van der Waals surface area contributed by atoms with Gasteiger partial charge in [-0.1, -0.05) is 41.0 Å². The van der Waals surface area contributed by atoms with E-state index in [9.17, 15) is 25.9 Å². The van der Waals surface area contributed by atoms with Gasteiger partial charge in [0.2, 0.25) is 20.8 Å². The Morgan fingerprint density at radius 2 is 1.16 bits per heavy atom. The third kappa shape index (κ3) is 26.9. The summed E-state index contributed by atoms with van der Waals surface area (Å²) in [6, 6.07) is 0. The van der Waals surface area contributed by atoms with E-state index in [1.807, 2.05) is 6.92 Å². The molecule has 0 saturated carbocycles. The fraction of sp³-hybridized carbons (Fsp3) is 0.600. The van der Waals surface area contributed by atoms with Crippen LogP contribution in [0.2, 0.25) is 0 Å². The molecule has 0 heterocycles. The van der Waals surface area contributed by atoms with Gasteiger partial charge >= 0.3 is 59.1 Å². The molecule has 0 rings (SSSR count). The molecule has 0 atom stereocenters. The van der Waals surface area contributed by atoms with Gasteiger partial charge in [0.15, 0.2) is 0 Å². The maximum absolute atomic E-state index is 10.8. The summed E-state index contributed by atoms with van der Waals surface area (Å²) < 4.78 is 71.9. The van der Waals surface area contributed by atoms with E-state index in [0.29, 0.717) is 31.3 Å². The van der Waals surface area contributed by atoms with Gasteiger partial charge in [0, 0.05) is 0 Å². The van der Waals surface area contributed by atoms with Crippen LogP contribution in [0.4, 0.5) is 0 Å². The molecule has 0 aromatic carbocycles. The number of hydrogen-bond acceptors (Lipinski definition) is 8. The van der Waals surface area contributed by atoms with Gasteiger partial charge in [-0.25, -0.2) is 16.8 Å². The van der Waals surface area contributed by atoms with Crippen molar-refractivity contribution < 1.29 is 93.4 Å². The second-order valence-corrected chi connectivity index (χ2v) is 9.33. The van der Waals surface area contributed by atoms with E-state index in [4.69, 9.17) is 0 Å². The van der Waals surface area contributed by atoms with E-state index in [1.54, 1.807) is 13.0 Å². The first kappa shape index (κ1) is 37.3. The average molecular weight is 511 g/mol. The summed E-state index contributed by atoms with van der Waals surface area (Å²) in [5.74, 6) is 0. The van der Waals surface area contributed by atoms with Gasteiger partial charge in [0.25, 0.3) is 0 Å². The zero-order chi connectivity index (χ0) is 23.2. The maximum atomic E-state index is 10.8. The third-order valence-electron chi connectivity index (χ3n) is 4.05. The van der Waals surface area contributed by atoms with Crippen LogP contribution in [0.1, 0.15) is 66.2 Å².